The number of aryl methyl sites for hydroxylation is 2. The van der Waals surface area contributed by atoms with Gasteiger partial charge in [-0.1, -0.05) is 140 Å². The number of benzene rings is 8. The normalized spacial score (nSPS) is 17.0. The molecule has 57 heavy (non-hydrogen) atoms. The van der Waals surface area contributed by atoms with Gasteiger partial charge in [0.2, 0.25) is 0 Å². The van der Waals surface area contributed by atoms with Crippen LogP contribution in [0.2, 0.25) is 0 Å². The van der Waals surface area contributed by atoms with E-state index in [1.54, 1.807) is 0 Å². The Labute approximate surface area is 333 Å². The molecule has 4 aliphatic carbocycles. The van der Waals surface area contributed by atoms with Gasteiger partial charge in [-0.2, -0.15) is 0 Å². The van der Waals surface area contributed by atoms with E-state index in [1.807, 2.05) is 0 Å². The first-order valence-corrected chi connectivity index (χ1v) is 20.2. The topological polar surface area (TPSA) is 3.24 Å². The summed E-state index contributed by atoms with van der Waals surface area (Å²) in [4.78, 5) is 2.37. The molecule has 0 amide bonds. The van der Waals surface area contributed by atoms with E-state index in [4.69, 9.17) is 0 Å². The molecule has 0 saturated heterocycles. The molecule has 2 atom stereocenters. The first-order valence-electron chi connectivity index (χ1n) is 20.2. The van der Waals surface area contributed by atoms with Crippen LogP contribution < -0.4 is 4.90 Å². The van der Waals surface area contributed by atoms with Crippen LogP contribution in [0.25, 0.3) is 60.5 Å². The van der Waals surface area contributed by atoms with Crippen molar-refractivity contribution < 1.29 is 0 Å². The second kappa shape index (κ2) is 12.3. The van der Waals surface area contributed by atoms with Crippen LogP contribution >= 0.6 is 0 Å². The van der Waals surface area contributed by atoms with Crippen molar-refractivity contribution in [3.63, 3.8) is 0 Å². The van der Waals surface area contributed by atoms with Crippen molar-refractivity contribution in [2.45, 2.75) is 19.8 Å². The second-order valence-corrected chi connectivity index (χ2v) is 16.0. The van der Waals surface area contributed by atoms with Crippen molar-refractivity contribution >= 4 is 55.3 Å². The van der Waals surface area contributed by atoms with Crippen molar-refractivity contribution in [3.8, 4) is 22.3 Å². The Bertz CT molecular complexity index is 3100. The van der Waals surface area contributed by atoms with Crippen molar-refractivity contribution in [2.75, 3.05) is 4.90 Å². The summed E-state index contributed by atoms with van der Waals surface area (Å²) in [6.45, 7) is 4.55. The lowest BCUT2D eigenvalue weighted by Crippen LogP contribution is -2.14. The first kappa shape index (κ1) is 32.3. The maximum atomic E-state index is 2.51. The van der Waals surface area contributed by atoms with Crippen LogP contribution in [0.15, 0.2) is 194 Å². The fraction of sp³-hybridized carbons (Fsp3) is 0.0714. The largest absolute Gasteiger partial charge is 0.310 e. The van der Waals surface area contributed by atoms with E-state index < -0.39 is 0 Å². The van der Waals surface area contributed by atoms with Crippen LogP contribution in [0, 0.1) is 19.8 Å². The molecule has 0 fully saturated rings. The number of rotatable bonds is 5. The summed E-state index contributed by atoms with van der Waals surface area (Å²) >= 11 is 0. The van der Waals surface area contributed by atoms with Crippen molar-refractivity contribution in [3.05, 3.63) is 227 Å². The average molecular weight is 726 g/mol. The number of allylic oxidation sites excluding steroid dienone is 8. The van der Waals surface area contributed by atoms with E-state index in [9.17, 15) is 0 Å². The van der Waals surface area contributed by atoms with Crippen LogP contribution in [0.5, 0.6) is 0 Å². The maximum absolute atomic E-state index is 2.51. The molecule has 12 rings (SSSR count). The number of anilines is 3. The Balaban J connectivity index is 1.20. The predicted octanol–water partition coefficient (Wildman–Crippen LogP) is 14.9. The Morgan fingerprint density at radius 2 is 1.04 bits per heavy atom. The van der Waals surface area contributed by atoms with Gasteiger partial charge in [-0.3, -0.25) is 0 Å². The Hall–Kier alpha value is -6.96. The molecule has 8 aromatic rings. The Morgan fingerprint density at radius 3 is 1.70 bits per heavy atom. The van der Waals surface area contributed by atoms with E-state index in [2.05, 4.69) is 207 Å². The van der Waals surface area contributed by atoms with Gasteiger partial charge in [0, 0.05) is 28.9 Å². The minimum Gasteiger partial charge on any atom is -0.310 e. The molecule has 8 aromatic carbocycles. The summed E-state index contributed by atoms with van der Waals surface area (Å²) < 4.78 is 0. The molecule has 0 aromatic heterocycles. The smallest absolute Gasteiger partial charge is 0.0468 e. The number of hydrogen-bond acceptors (Lipinski definition) is 1. The van der Waals surface area contributed by atoms with Crippen LogP contribution in [-0.4, -0.2) is 0 Å². The maximum Gasteiger partial charge on any atom is 0.0468 e. The third-order valence-corrected chi connectivity index (χ3v) is 13.0. The van der Waals surface area contributed by atoms with Gasteiger partial charge in [0.05, 0.1) is 0 Å². The summed E-state index contributed by atoms with van der Waals surface area (Å²) in [7, 11) is 0. The minimum atomic E-state index is 0.316. The summed E-state index contributed by atoms with van der Waals surface area (Å²) in [6, 6.07) is 60.5. The zero-order chi connectivity index (χ0) is 37.8. The third kappa shape index (κ3) is 4.63. The van der Waals surface area contributed by atoms with Crippen molar-refractivity contribution in [1.82, 2.24) is 0 Å². The van der Waals surface area contributed by atoms with Gasteiger partial charge in [0.1, 0.15) is 0 Å². The number of nitrogens with zero attached hydrogens (tertiary/aromatic N) is 1. The molecule has 1 nitrogen and oxygen atoms in total. The number of para-hydroxylation sites is 2. The van der Waals surface area contributed by atoms with Gasteiger partial charge < -0.3 is 4.90 Å². The fourth-order valence-electron chi connectivity index (χ4n) is 10.6. The zero-order valence-electron chi connectivity index (χ0n) is 32.0. The molecule has 0 radical (unpaired) electrons. The highest BCUT2D eigenvalue weighted by Gasteiger charge is 2.47. The molecular weight excluding hydrogens is 687 g/mol. The Morgan fingerprint density at radius 1 is 0.456 bits per heavy atom. The molecule has 1 heteroatoms. The third-order valence-electron chi connectivity index (χ3n) is 13.0. The van der Waals surface area contributed by atoms with Crippen LogP contribution in [0.3, 0.4) is 0 Å². The minimum absolute atomic E-state index is 0.316. The molecule has 0 spiro atoms. The van der Waals surface area contributed by atoms with E-state index in [0.29, 0.717) is 11.8 Å². The van der Waals surface area contributed by atoms with Crippen molar-refractivity contribution in [2.24, 2.45) is 5.92 Å². The number of hydrogen-bond donors (Lipinski definition) is 0. The molecule has 2 unspecified atom stereocenters. The lowest BCUT2D eigenvalue weighted by molar-refractivity contribution is 0.732. The van der Waals surface area contributed by atoms with Gasteiger partial charge in [-0.25, -0.2) is 0 Å². The zero-order valence-corrected chi connectivity index (χ0v) is 32.0. The van der Waals surface area contributed by atoms with Crippen LogP contribution in [0.1, 0.15) is 39.3 Å². The van der Waals surface area contributed by atoms with Gasteiger partial charge in [-0.15, -0.1) is 0 Å². The lowest BCUT2D eigenvalue weighted by atomic mass is 9.74. The molecule has 0 saturated carbocycles. The van der Waals surface area contributed by atoms with Crippen LogP contribution in [-0.2, 0) is 0 Å². The van der Waals surface area contributed by atoms with E-state index in [0.717, 1.165) is 17.1 Å². The molecule has 0 aliphatic heterocycles. The average Bonchev–Trinajstić information content (AvgIpc) is 3.76. The predicted molar refractivity (Wildman–Crippen MR) is 241 cm³/mol. The van der Waals surface area contributed by atoms with Crippen LogP contribution in [0.4, 0.5) is 17.1 Å². The second-order valence-electron chi connectivity index (χ2n) is 16.0. The van der Waals surface area contributed by atoms with E-state index in [1.165, 1.54) is 99.5 Å². The summed E-state index contributed by atoms with van der Waals surface area (Å²) in [5.41, 5.74) is 22.6. The molecular formula is C56H39N. The van der Waals surface area contributed by atoms with Gasteiger partial charge in [0.25, 0.3) is 0 Å². The van der Waals surface area contributed by atoms with Crippen molar-refractivity contribution in [1.29, 1.82) is 0 Å². The highest BCUT2D eigenvalue weighted by atomic mass is 15.1. The molecule has 0 heterocycles. The molecule has 4 aliphatic rings. The SMILES string of the molecule is Cc1ccccc1-c1c2c(c(-c3ccccc3C)c3cc4ccc(N(c5ccccc5)c5ccccc5)cc4cc13)C1=C3C2=CC=C2c4ccccc4C(C=C1)C23. The standard InChI is InChI=1S/C56H39N/c1-34-15-9-11-21-41(34)51-49-32-36-25-26-40(57(38-17-5-3-6-18-38)39-19-7-4-8-20-39)31-37(36)33-50(49)52(42-22-12-10-16-35(42)2)56-48-30-28-46-44-24-14-13-23-43(44)45-27-29-47(55(51)56)54(48)53(45)46/h3-33,45,53H,1-2H3. The first-order chi connectivity index (χ1) is 28.1. The fourth-order valence-corrected chi connectivity index (χ4v) is 10.6. The van der Waals surface area contributed by atoms with Gasteiger partial charge in [0.15, 0.2) is 0 Å². The highest BCUT2D eigenvalue weighted by molar-refractivity contribution is 6.24. The summed E-state index contributed by atoms with van der Waals surface area (Å²) in [6.07, 6.45) is 9.89. The number of fused-ring (bicyclic) bond motifs is 8. The van der Waals surface area contributed by atoms with E-state index in [-0.39, 0.29) is 0 Å². The molecule has 0 bridgehead atoms. The highest BCUT2D eigenvalue weighted by Crippen LogP contribution is 2.65. The van der Waals surface area contributed by atoms with Gasteiger partial charge in [-0.05, 0) is 162 Å². The molecule has 0 N–H and O–H groups in total. The summed E-state index contributed by atoms with van der Waals surface area (Å²) in [5.74, 6) is 0.663. The summed E-state index contributed by atoms with van der Waals surface area (Å²) in [5, 5.41) is 5.06. The monoisotopic (exact) mass is 725 g/mol. The quantitative estimate of drug-likeness (QED) is 0.160. The van der Waals surface area contributed by atoms with Gasteiger partial charge >= 0.3 is 0 Å². The lowest BCUT2D eigenvalue weighted by Gasteiger charge is -2.28. The van der Waals surface area contributed by atoms with E-state index >= 15 is 0 Å². The molecule has 268 valence electrons. The Kier molecular flexibility index (Phi) is 6.95.